The van der Waals surface area contributed by atoms with Gasteiger partial charge in [-0.05, 0) is 44.4 Å². The summed E-state index contributed by atoms with van der Waals surface area (Å²) >= 11 is 6.18. The SMILES string of the molecule is Cc1nn(CCC#N)c(C)c1CCC(=O)NC(C)c1ccccc1Cl. The van der Waals surface area contributed by atoms with Crippen LogP contribution in [0, 0.1) is 25.2 Å². The Kier molecular flexibility index (Phi) is 6.60. The molecule has 2 rings (SSSR count). The fraction of sp³-hybridized carbons (Fsp3) is 0.421. The van der Waals surface area contributed by atoms with Crippen LogP contribution in [-0.4, -0.2) is 15.7 Å². The molecule has 0 fully saturated rings. The van der Waals surface area contributed by atoms with Crippen LogP contribution in [0.1, 0.15) is 48.3 Å². The lowest BCUT2D eigenvalue weighted by Gasteiger charge is -2.15. The highest BCUT2D eigenvalue weighted by Gasteiger charge is 2.15. The third kappa shape index (κ3) is 4.83. The molecule has 0 aliphatic carbocycles. The average molecular weight is 359 g/mol. The zero-order chi connectivity index (χ0) is 18.4. The molecule has 132 valence electrons. The highest BCUT2D eigenvalue weighted by molar-refractivity contribution is 6.31. The van der Waals surface area contributed by atoms with Crippen molar-refractivity contribution in [3.8, 4) is 6.07 Å². The Bertz CT molecular complexity index is 791. The van der Waals surface area contributed by atoms with Crippen LogP contribution in [0.15, 0.2) is 24.3 Å². The maximum atomic E-state index is 12.3. The first-order valence-corrected chi connectivity index (χ1v) is 8.75. The minimum atomic E-state index is -0.137. The number of carbonyl (C=O) groups is 1. The van der Waals surface area contributed by atoms with E-state index in [4.69, 9.17) is 16.9 Å². The van der Waals surface area contributed by atoms with E-state index in [1.54, 1.807) is 0 Å². The number of amides is 1. The van der Waals surface area contributed by atoms with E-state index in [-0.39, 0.29) is 11.9 Å². The molecule has 25 heavy (non-hydrogen) atoms. The molecule has 0 aliphatic heterocycles. The van der Waals surface area contributed by atoms with E-state index >= 15 is 0 Å². The Balaban J connectivity index is 1.95. The van der Waals surface area contributed by atoms with Crippen molar-refractivity contribution in [1.82, 2.24) is 15.1 Å². The lowest BCUT2D eigenvalue weighted by molar-refractivity contribution is -0.121. The number of nitrogens with zero attached hydrogens (tertiary/aromatic N) is 3. The Morgan fingerprint density at radius 1 is 1.40 bits per heavy atom. The maximum absolute atomic E-state index is 12.3. The summed E-state index contributed by atoms with van der Waals surface area (Å²) in [5.74, 6) is -0.0176. The quantitative estimate of drug-likeness (QED) is 0.816. The van der Waals surface area contributed by atoms with E-state index in [1.165, 1.54) is 0 Å². The molecule has 1 N–H and O–H groups in total. The number of nitriles is 1. The Labute approximate surface area is 153 Å². The summed E-state index contributed by atoms with van der Waals surface area (Å²) in [6.45, 7) is 6.43. The highest BCUT2D eigenvalue weighted by atomic mass is 35.5. The first-order valence-electron chi connectivity index (χ1n) is 8.37. The van der Waals surface area contributed by atoms with Crippen molar-refractivity contribution in [2.45, 2.75) is 52.6 Å². The summed E-state index contributed by atoms with van der Waals surface area (Å²) < 4.78 is 1.85. The molecular formula is C19H23ClN4O. The van der Waals surface area contributed by atoms with Crippen molar-refractivity contribution >= 4 is 17.5 Å². The van der Waals surface area contributed by atoms with Gasteiger partial charge in [-0.3, -0.25) is 9.48 Å². The molecule has 1 atom stereocenters. The third-order valence-electron chi connectivity index (χ3n) is 4.32. The maximum Gasteiger partial charge on any atom is 0.220 e. The van der Waals surface area contributed by atoms with Gasteiger partial charge in [0.1, 0.15) is 0 Å². The van der Waals surface area contributed by atoms with Gasteiger partial charge in [-0.25, -0.2) is 0 Å². The Hall–Kier alpha value is -2.32. The van der Waals surface area contributed by atoms with Gasteiger partial charge in [-0.15, -0.1) is 0 Å². The molecule has 1 aromatic carbocycles. The smallest absolute Gasteiger partial charge is 0.220 e. The molecule has 5 nitrogen and oxygen atoms in total. The van der Waals surface area contributed by atoms with Crippen LogP contribution in [-0.2, 0) is 17.8 Å². The van der Waals surface area contributed by atoms with Crippen molar-refractivity contribution in [2.75, 3.05) is 0 Å². The monoisotopic (exact) mass is 358 g/mol. The first-order chi connectivity index (χ1) is 11.9. The van der Waals surface area contributed by atoms with Crippen molar-refractivity contribution in [1.29, 1.82) is 5.26 Å². The van der Waals surface area contributed by atoms with Gasteiger partial charge in [0.2, 0.25) is 5.91 Å². The zero-order valence-electron chi connectivity index (χ0n) is 14.8. The van der Waals surface area contributed by atoms with E-state index in [2.05, 4.69) is 16.5 Å². The number of halogens is 1. The fourth-order valence-corrected chi connectivity index (χ4v) is 3.23. The minimum Gasteiger partial charge on any atom is -0.350 e. The van der Waals surface area contributed by atoms with Gasteiger partial charge in [0.05, 0.1) is 30.8 Å². The Morgan fingerprint density at radius 2 is 2.12 bits per heavy atom. The van der Waals surface area contributed by atoms with Crippen molar-refractivity contribution < 1.29 is 4.79 Å². The normalized spacial score (nSPS) is 11.8. The second kappa shape index (κ2) is 8.68. The van der Waals surface area contributed by atoms with Gasteiger partial charge in [0.15, 0.2) is 0 Å². The van der Waals surface area contributed by atoms with Gasteiger partial charge in [-0.1, -0.05) is 29.8 Å². The average Bonchev–Trinajstić information content (AvgIpc) is 2.85. The summed E-state index contributed by atoms with van der Waals surface area (Å²) in [5.41, 5.74) is 3.94. The van der Waals surface area contributed by atoms with Gasteiger partial charge >= 0.3 is 0 Å². The van der Waals surface area contributed by atoms with Gasteiger partial charge in [-0.2, -0.15) is 10.4 Å². The predicted molar refractivity (Wildman–Crippen MR) is 98.3 cm³/mol. The number of aryl methyl sites for hydroxylation is 2. The number of rotatable bonds is 7. The fourth-order valence-electron chi connectivity index (χ4n) is 2.93. The molecule has 0 saturated carbocycles. The van der Waals surface area contributed by atoms with Crippen LogP contribution in [0.2, 0.25) is 5.02 Å². The molecule has 0 aliphatic rings. The molecule has 0 spiro atoms. The van der Waals surface area contributed by atoms with E-state index < -0.39 is 0 Å². The summed E-state index contributed by atoms with van der Waals surface area (Å²) in [6, 6.07) is 9.51. The van der Waals surface area contributed by atoms with Crippen LogP contribution in [0.25, 0.3) is 0 Å². The second-order valence-electron chi connectivity index (χ2n) is 6.09. The molecule has 0 radical (unpaired) electrons. The van der Waals surface area contributed by atoms with E-state index in [0.717, 1.165) is 22.5 Å². The van der Waals surface area contributed by atoms with Crippen molar-refractivity contribution in [3.05, 3.63) is 51.8 Å². The lowest BCUT2D eigenvalue weighted by Crippen LogP contribution is -2.27. The molecule has 1 unspecified atom stereocenters. The summed E-state index contributed by atoms with van der Waals surface area (Å²) in [4.78, 5) is 12.3. The minimum absolute atomic E-state index is 0.0176. The molecule has 2 aromatic rings. The van der Waals surface area contributed by atoms with Gasteiger partial charge in [0.25, 0.3) is 0 Å². The Morgan fingerprint density at radius 3 is 2.80 bits per heavy atom. The first kappa shape index (κ1) is 19.0. The van der Waals surface area contributed by atoms with E-state index in [0.29, 0.717) is 30.8 Å². The third-order valence-corrected chi connectivity index (χ3v) is 4.66. The molecule has 6 heteroatoms. The van der Waals surface area contributed by atoms with Crippen molar-refractivity contribution in [3.63, 3.8) is 0 Å². The van der Waals surface area contributed by atoms with Crippen molar-refractivity contribution in [2.24, 2.45) is 0 Å². The van der Waals surface area contributed by atoms with E-state index in [1.807, 2.05) is 49.7 Å². The van der Waals surface area contributed by atoms with Crippen LogP contribution >= 0.6 is 11.6 Å². The van der Waals surface area contributed by atoms with Crippen LogP contribution in [0.5, 0.6) is 0 Å². The molecule has 1 heterocycles. The zero-order valence-corrected chi connectivity index (χ0v) is 15.6. The molecular weight excluding hydrogens is 336 g/mol. The summed E-state index contributed by atoms with van der Waals surface area (Å²) in [5, 5.41) is 16.8. The van der Waals surface area contributed by atoms with E-state index in [9.17, 15) is 4.79 Å². The van der Waals surface area contributed by atoms with Crippen LogP contribution < -0.4 is 5.32 Å². The molecule has 1 aromatic heterocycles. The number of hydrogen-bond acceptors (Lipinski definition) is 3. The largest absolute Gasteiger partial charge is 0.350 e. The topological polar surface area (TPSA) is 70.7 Å². The number of nitrogens with one attached hydrogen (secondary N) is 1. The molecule has 0 bridgehead atoms. The highest BCUT2D eigenvalue weighted by Crippen LogP contribution is 2.22. The molecule has 1 amide bonds. The van der Waals surface area contributed by atoms with Gasteiger partial charge < -0.3 is 5.32 Å². The van der Waals surface area contributed by atoms with Crippen LogP contribution in [0.4, 0.5) is 0 Å². The number of aromatic nitrogens is 2. The summed E-state index contributed by atoms with van der Waals surface area (Å²) in [7, 11) is 0. The number of hydrogen-bond donors (Lipinski definition) is 1. The number of benzene rings is 1. The predicted octanol–water partition coefficient (Wildman–Crippen LogP) is 3.88. The standard InChI is InChI=1S/C19H23ClN4O/c1-13(17-7-4-5-8-18(17)20)22-19(25)10-9-16-14(2)23-24(15(16)3)12-6-11-21/h4-5,7-8,13H,6,9-10,12H2,1-3H3,(H,22,25). The van der Waals surface area contributed by atoms with Gasteiger partial charge in [0, 0.05) is 17.1 Å². The number of carbonyl (C=O) groups excluding carboxylic acids is 1. The summed E-state index contributed by atoms with van der Waals surface area (Å²) in [6.07, 6.45) is 1.45. The lowest BCUT2D eigenvalue weighted by atomic mass is 10.1. The molecule has 0 saturated heterocycles. The van der Waals surface area contributed by atoms with Crippen LogP contribution in [0.3, 0.4) is 0 Å². The second-order valence-corrected chi connectivity index (χ2v) is 6.50.